The Kier molecular flexibility index (Phi) is 3.91. The van der Waals surface area contributed by atoms with Crippen LogP contribution in [-0.4, -0.2) is 27.2 Å². The first-order valence-corrected chi connectivity index (χ1v) is 6.07. The topological polar surface area (TPSA) is 85.8 Å². The molecule has 100 valence electrons. The summed E-state index contributed by atoms with van der Waals surface area (Å²) in [5.41, 5.74) is 7.15. The van der Waals surface area contributed by atoms with Gasteiger partial charge < -0.3 is 15.6 Å². The van der Waals surface area contributed by atoms with E-state index in [1.54, 1.807) is 13.3 Å². The SMILES string of the molecule is CC(CN)C(=O)Nc1ccc(-c2nncn2C)cc1. The van der Waals surface area contributed by atoms with E-state index in [9.17, 15) is 4.79 Å². The van der Waals surface area contributed by atoms with Gasteiger partial charge in [0.1, 0.15) is 6.33 Å². The van der Waals surface area contributed by atoms with Crippen LogP contribution < -0.4 is 11.1 Å². The number of rotatable bonds is 4. The fraction of sp³-hybridized carbons (Fsp3) is 0.308. The Hall–Kier alpha value is -2.21. The number of anilines is 1. The number of aromatic nitrogens is 3. The summed E-state index contributed by atoms with van der Waals surface area (Å²) in [6.45, 7) is 2.13. The fourth-order valence-electron chi connectivity index (χ4n) is 1.62. The second-order valence-electron chi connectivity index (χ2n) is 4.47. The molecule has 1 heterocycles. The highest BCUT2D eigenvalue weighted by molar-refractivity contribution is 5.92. The van der Waals surface area contributed by atoms with Gasteiger partial charge in [0.25, 0.3) is 0 Å². The maximum Gasteiger partial charge on any atom is 0.228 e. The van der Waals surface area contributed by atoms with Crippen LogP contribution in [0.5, 0.6) is 0 Å². The fourth-order valence-corrected chi connectivity index (χ4v) is 1.62. The monoisotopic (exact) mass is 259 g/mol. The van der Waals surface area contributed by atoms with E-state index < -0.39 is 0 Å². The Morgan fingerprint density at radius 3 is 2.63 bits per heavy atom. The molecule has 6 nitrogen and oxygen atoms in total. The summed E-state index contributed by atoms with van der Waals surface area (Å²) < 4.78 is 1.84. The first kappa shape index (κ1) is 13.2. The van der Waals surface area contributed by atoms with Crippen LogP contribution in [0.3, 0.4) is 0 Å². The number of benzene rings is 1. The van der Waals surface area contributed by atoms with Crippen LogP contribution in [0.2, 0.25) is 0 Å². The Morgan fingerprint density at radius 1 is 1.42 bits per heavy atom. The molecule has 3 N–H and O–H groups in total. The van der Waals surface area contributed by atoms with Crippen molar-refractivity contribution < 1.29 is 4.79 Å². The highest BCUT2D eigenvalue weighted by Crippen LogP contribution is 2.18. The quantitative estimate of drug-likeness (QED) is 0.858. The van der Waals surface area contributed by atoms with Gasteiger partial charge in [-0.3, -0.25) is 4.79 Å². The van der Waals surface area contributed by atoms with Crippen molar-refractivity contribution in [3.8, 4) is 11.4 Å². The van der Waals surface area contributed by atoms with Crippen LogP contribution in [0.1, 0.15) is 6.92 Å². The number of amides is 1. The van der Waals surface area contributed by atoms with Crippen LogP contribution in [0.15, 0.2) is 30.6 Å². The van der Waals surface area contributed by atoms with Crippen molar-refractivity contribution in [2.24, 2.45) is 18.7 Å². The number of nitrogens with two attached hydrogens (primary N) is 1. The molecule has 6 heteroatoms. The third kappa shape index (κ3) is 2.97. The molecule has 0 aliphatic carbocycles. The van der Waals surface area contributed by atoms with E-state index in [0.29, 0.717) is 6.54 Å². The van der Waals surface area contributed by atoms with Gasteiger partial charge in [0.2, 0.25) is 5.91 Å². The van der Waals surface area contributed by atoms with Crippen LogP contribution in [0.25, 0.3) is 11.4 Å². The lowest BCUT2D eigenvalue weighted by Gasteiger charge is -2.10. The molecule has 1 aromatic heterocycles. The van der Waals surface area contributed by atoms with Crippen molar-refractivity contribution in [3.63, 3.8) is 0 Å². The predicted molar refractivity (Wildman–Crippen MR) is 73.3 cm³/mol. The van der Waals surface area contributed by atoms with Crippen LogP contribution >= 0.6 is 0 Å². The first-order chi connectivity index (χ1) is 9.11. The summed E-state index contributed by atoms with van der Waals surface area (Å²) >= 11 is 0. The highest BCUT2D eigenvalue weighted by Gasteiger charge is 2.11. The van der Waals surface area contributed by atoms with Gasteiger partial charge in [-0.2, -0.15) is 0 Å². The number of hydrogen-bond donors (Lipinski definition) is 2. The van der Waals surface area contributed by atoms with Gasteiger partial charge in [0.15, 0.2) is 5.82 Å². The van der Waals surface area contributed by atoms with Crippen molar-refractivity contribution in [1.29, 1.82) is 0 Å². The first-order valence-electron chi connectivity index (χ1n) is 6.07. The lowest BCUT2D eigenvalue weighted by atomic mass is 10.1. The highest BCUT2D eigenvalue weighted by atomic mass is 16.1. The molecule has 1 unspecified atom stereocenters. The minimum atomic E-state index is -0.196. The molecule has 1 amide bonds. The lowest BCUT2D eigenvalue weighted by Crippen LogP contribution is -2.26. The molecular weight excluding hydrogens is 242 g/mol. The van der Waals surface area contributed by atoms with Crippen LogP contribution in [-0.2, 0) is 11.8 Å². The summed E-state index contributed by atoms with van der Waals surface area (Å²) in [5.74, 6) is 0.514. The molecule has 0 saturated heterocycles. The molecule has 0 fully saturated rings. The smallest absolute Gasteiger partial charge is 0.228 e. The summed E-state index contributed by atoms with van der Waals surface area (Å²) in [6, 6.07) is 7.47. The molecule has 1 aromatic carbocycles. The average Bonchev–Trinajstić information content (AvgIpc) is 2.85. The van der Waals surface area contributed by atoms with Gasteiger partial charge in [0.05, 0.1) is 0 Å². The summed E-state index contributed by atoms with van der Waals surface area (Å²) in [5, 5.41) is 10.7. The van der Waals surface area contributed by atoms with Crippen molar-refractivity contribution in [2.75, 3.05) is 11.9 Å². The molecule has 1 atom stereocenters. The normalized spacial score (nSPS) is 12.2. The molecule has 0 spiro atoms. The number of nitrogens with zero attached hydrogens (tertiary/aromatic N) is 3. The van der Waals surface area contributed by atoms with E-state index in [-0.39, 0.29) is 11.8 Å². The van der Waals surface area contributed by atoms with Crippen molar-refractivity contribution in [3.05, 3.63) is 30.6 Å². The molecule has 19 heavy (non-hydrogen) atoms. The van der Waals surface area contributed by atoms with Crippen molar-refractivity contribution >= 4 is 11.6 Å². The van der Waals surface area contributed by atoms with E-state index in [2.05, 4.69) is 15.5 Å². The molecule has 2 aromatic rings. The molecule has 0 saturated carbocycles. The molecular formula is C13H17N5O. The zero-order valence-corrected chi connectivity index (χ0v) is 11.0. The molecule has 0 aliphatic rings. The second-order valence-corrected chi connectivity index (χ2v) is 4.47. The third-order valence-electron chi connectivity index (χ3n) is 2.92. The Bertz CT molecular complexity index is 561. The van der Waals surface area contributed by atoms with Gasteiger partial charge >= 0.3 is 0 Å². The summed E-state index contributed by atoms with van der Waals surface area (Å²) in [6.07, 6.45) is 1.65. The van der Waals surface area contributed by atoms with Crippen molar-refractivity contribution in [2.45, 2.75) is 6.92 Å². The summed E-state index contributed by atoms with van der Waals surface area (Å²) in [7, 11) is 1.88. The minimum Gasteiger partial charge on any atom is -0.330 e. The number of aryl methyl sites for hydroxylation is 1. The maximum absolute atomic E-state index is 11.7. The Labute approximate surface area is 111 Å². The van der Waals surface area contributed by atoms with Gasteiger partial charge in [0, 0.05) is 30.8 Å². The van der Waals surface area contributed by atoms with E-state index in [1.165, 1.54) is 0 Å². The van der Waals surface area contributed by atoms with E-state index in [4.69, 9.17) is 5.73 Å². The largest absolute Gasteiger partial charge is 0.330 e. The lowest BCUT2D eigenvalue weighted by molar-refractivity contribution is -0.119. The standard InChI is InChI=1S/C13H17N5O/c1-9(7-14)13(19)16-11-5-3-10(4-6-11)12-17-15-8-18(12)2/h3-6,8-9H,7,14H2,1-2H3,(H,16,19). The molecule has 0 radical (unpaired) electrons. The number of hydrogen-bond acceptors (Lipinski definition) is 4. The van der Waals surface area contributed by atoms with Crippen LogP contribution in [0.4, 0.5) is 5.69 Å². The van der Waals surface area contributed by atoms with Gasteiger partial charge in [-0.15, -0.1) is 10.2 Å². The van der Waals surface area contributed by atoms with Gasteiger partial charge in [-0.1, -0.05) is 6.92 Å². The van der Waals surface area contributed by atoms with E-state index in [0.717, 1.165) is 17.1 Å². The number of carbonyl (C=O) groups is 1. The summed E-state index contributed by atoms with van der Waals surface area (Å²) in [4.78, 5) is 11.7. The molecule has 0 bridgehead atoms. The van der Waals surface area contributed by atoms with Gasteiger partial charge in [-0.05, 0) is 24.3 Å². The predicted octanol–water partition coefficient (Wildman–Crippen LogP) is 1.02. The van der Waals surface area contributed by atoms with Crippen molar-refractivity contribution in [1.82, 2.24) is 14.8 Å². The Morgan fingerprint density at radius 2 is 2.11 bits per heavy atom. The third-order valence-corrected chi connectivity index (χ3v) is 2.92. The number of nitrogens with one attached hydrogen (secondary N) is 1. The average molecular weight is 259 g/mol. The zero-order valence-electron chi connectivity index (χ0n) is 11.0. The van der Waals surface area contributed by atoms with Crippen LogP contribution in [0, 0.1) is 5.92 Å². The molecule has 0 aliphatic heterocycles. The number of carbonyl (C=O) groups excluding carboxylic acids is 1. The van der Waals surface area contributed by atoms with E-state index >= 15 is 0 Å². The zero-order chi connectivity index (χ0) is 13.8. The molecule has 2 rings (SSSR count). The van der Waals surface area contributed by atoms with Gasteiger partial charge in [-0.25, -0.2) is 0 Å². The Balaban J connectivity index is 2.11. The minimum absolute atomic E-state index is 0.0751. The maximum atomic E-state index is 11.7. The second kappa shape index (κ2) is 5.62. The van der Waals surface area contributed by atoms with E-state index in [1.807, 2.05) is 35.9 Å².